The van der Waals surface area contributed by atoms with Gasteiger partial charge in [0.25, 0.3) is 0 Å². The Bertz CT molecular complexity index is 1130. The molecule has 1 aromatic heterocycles. The van der Waals surface area contributed by atoms with Crippen LogP contribution in [0.1, 0.15) is 70.9 Å². The first kappa shape index (κ1) is 18.2. The van der Waals surface area contributed by atoms with E-state index in [-0.39, 0.29) is 17.5 Å². The van der Waals surface area contributed by atoms with Gasteiger partial charge in [-0.15, -0.1) is 0 Å². The summed E-state index contributed by atoms with van der Waals surface area (Å²) in [6, 6.07) is 12.0. The summed E-state index contributed by atoms with van der Waals surface area (Å²) in [6.45, 7) is 4.52. The molecule has 1 N–H and O–H groups in total. The Morgan fingerprint density at radius 3 is 2.72 bits per heavy atom. The van der Waals surface area contributed by atoms with E-state index in [0.29, 0.717) is 48.2 Å². The van der Waals surface area contributed by atoms with Crippen molar-refractivity contribution in [2.45, 2.75) is 39.0 Å². The summed E-state index contributed by atoms with van der Waals surface area (Å²) in [6.07, 6.45) is 4.02. The highest BCUT2D eigenvalue weighted by Crippen LogP contribution is 2.45. The number of aromatic nitrogens is 1. The van der Waals surface area contributed by atoms with Crippen LogP contribution in [0.2, 0.25) is 0 Å². The third-order valence-electron chi connectivity index (χ3n) is 6.56. The number of Topliss-reactive ketones (excluding diaryl/α,β-unsaturated/α-hetero) is 2. The summed E-state index contributed by atoms with van der Waals surface area (Å²) in [5.41, 5.74) is 4.41. The summed E-state index contributed by atoms with van der Waals surface area (Å²) in [7, 11) is 0. The van der Waals surface area contributed by atoms with Crippen molar-refractivity contribution in [3.05, 3.63) is 64.8 Å². The SMILES string of the molecule is CCC(=O)c1cc(C(=O)C[C@H]2C[C@@H]2C)cc2c1OC[C@@H]2c1cccc2[nH]ccc12. The third-order valence-corrected chi connectivity index (χ3v) is 6.56. The molecule has 0 bridgehead atoms. The molecule has 0 unspecified atom stereocenters. The highest BCUT2D eigenvalue weighted by molar-refractivity contribution is 6.04. The zero-order chi connectivity index (χ0) is 20.1. The first-order valence-electron chi connectivity index (χ1n) is 10.5. The number of nitrogens with one attached hydrogen (secondary N) is 1. The summed E-state index contributed by atoms with van der Waals surface area (Å²) in [4.78, 5) is 28.9. The lowest BCUT2D eigenvalue weighted by molar-refractivity contribution is 0.0974. The van der Waals surface area contributed by atoms with E-state index < -0.39 is 0 Å². The van der Waals surface area contributed by atoms with Crippen molar-refractivity contribution in [2.24, 2.45) is 11.8 Å². The zero-order valence-electron chi connectivity index (χ0n) is 16.8. The second-order valence-electron chi connectivity index (χ2n) is 8.47. The maximum Gasteiger partial charge on any atom is 0.166 e. The number of carbonyl (C=O) groups excluding carboxylic acids is 2. The van der Waals surface area contributed by atoms with E-state index in [1.807, 2.05) is 25.3 Å². The molecular formula is C25H25NO3. The molecule has 5 rings (SSSR count). The maximum atomic E-state index is 13.0. The fraction of sp³-hybridized carbons (Fsp3) is 0.360. The zero-order valence-corrected chi connectivity index (χ0v) is 16.8. The molecule has 3 aromatic rings. The van der Waals surface area contributed by atoms with Crippen LogP contribution in [0, 0.1) is 11.8 Å². The highest BCUT2D eigenvalue weighted by Gasteiger charge is 2.36. The van der Waals surface area contributed by atoms with Gasteiger partial charge in [0.2, 0.25) is 0 Å². The molecule has 148 valence electrons. The molecule has 4 nitrogen and oxygen atoms in total. The number of aromatic amines is 1. The first-order chi connectivity index (χ1) is 14.1. The molecule has 4 heteroatoms. The second-order valence-corrected chi connectivity index (χ2v) is 8.47. The Balaban J connectivity index is 1.61. The predicted molar refractivity (Wildman–Crippen MR) is 113 cm³/mol. The number of fused-ring (bicyclic) bond motifs is 2. The molecule has 3 atom stereocenters. The summed E-state index contributed by atoms with van der Waals surface area (Å²) in [5.74, 6) is 1.95. The minimum absolute atomic E-state index is 0.0144. The predicted octanol–water partition coefficient (Wildman–Crippen LogP) is 5.51. The van der Waals surface area contributed by atoms with Gasteiger partial charge in [-0.25, -0.2) is 0 Å². The van der Waals surface area contributed by atoms with Gasteiger partial charge in [-0.05, 0) is 48.1 Å². The normalized spacial score (nSPS) is 22.3. The van der Waals surface area contributed by atoms with Crippen molar-refractivity contribution in [3.63, 3.8) is 0 Å². The van der Waals surface area contributed by atoms with Crippen LogP contribution in [0.5, 0.6) is 5.75 Å². The molecule has 29 heavy (non-hydrogen) atoms. The van der Waals surface area contributed by atoms with Crippen molar-refractivity contribution >= 4 is 22.5 Å². The van der Waals surface area contributed by atoms with Crippen LogP contribution in [-0.2, 0) is 0 Å². The number of hydrogen-bond donors (Lipinski definition) is 1. The summed E-state index contributed by atoms with van der Waals surface area (Å²) in [5, 5.41) is 1.15. The molecule has 2 aromatic carbocycles. The molecule has 1 fully saturated rings. The number of ether oxygens (including phenoxy) is 1. The van der Waals surface area contributed by atoms with E-state index in [9.17, 15) is 9.59 Å². The van der Waals surface area contributed by atoms with Crippen LogP contribution in [0.4, 0.5) is 0 Å². The molecule has 1 aliphatic heterocycles. The molecular weight excluding hydrogens is 362 g/mol. The summed E-state index contributed by atoms with van der Waals surface area (Å²) >= 11 is 0. The summed E-state index contributed by atoms with van der Waals surface area (Å²) < 4.78 is 6.05. The van der Waals surface area contributed by atoms with E-state index >= 15 is 0 Å². The lowest BCUT2D eigenvalue weighted by atomic mass is 9.87. The Morgan fingerprint density at radius 2 is 1.97 bits per heavy atom. The molecule has 2 heterocycles. The van der Waals surface area contributed by atoms with Crippen LogP contribution in [0.3, 0.4) is 0 Å². The number of ketones is 2. The topological polar surface area (TPSA) is 59.2 Å². The van der Waals surface area contributed by atoms with Gasteiger partial charge < -0.3 is 9.72 Å². The average Bonchev–Trinajstić information content (AvgIpc) is 3.14. The number of hydrogen-bond acceptors (Lipinski definition) is 3. The van der Waals surface area contributed by atoms with Crippen LogP contribution < -0.4 is 4.74 Å². The highest BCUT2D eigenvalue weighted by atomic mass is 16.5. The van der Waals surface area contributed by atoms with Gasteiger partial charge >= 0.3 is 0 Å². The van der Waals surface area contributed by atoms with Crippen molar-refractivity contribution in [1.29, 1.82) is 0 Å². The largest absolute Gasteiger partial charge is 0.492 e. The van der Waals surface area contributed by atoms with Crippen LogP contribution >= 0.6 is 0 Å². The van der Waals surface area contributed by atoms with Gasteiger partial charge in [-0.1, -0.05) is 26.0 Å². The fourth-order valence-electron chi connectivity index (χ4n) is 4.60. The van der Waals surface area contributed by atoms with Gasteiger partial charge in [-0.2, -0.15) is 0 Å². The lowest BCUT2D eigenvalue weighted by Gasteiger charge is -2.13. The Morgan fingerprint density at radius 1 is 1.14 bits per heavy atom. The smallest absolute Gasteiger partial charge is 0.166 e. The second kappa shape index (κ2) is 6.87. The average molecular weight is 387 g/mol. The van der Waals surface area contributed by atoms with Gasteiger partial charge in [0.05, 0.1) is 12.2 Å². The molecule has 0 saturated heterocycles. The van der Waals surface area contributed by atoms with Gasteiger partial charge in [0, 0.05) is 47.0 Å². The van der Waals surface area contributed by atoms with E-state index in [0.717, 1.165) is 28.5 Å². The van der Waals surface area contributed by atoms with Gasteiger partial charge in [-0.3, -0.25) is 9.59 Å². The molecule has 2 aliphatic rings. The van der Waals surface area contributed by atoms with Crippen LogP contribution in [0.25, 0.3) is 10.9 Å². The van der Waals surface area contributed by atoms with E-state index in [4.69, 9.17) is 4.74 Å². The standard InChI is InChI=1S/C25H25NO3/c1-3-23(27)20-11-16(24(28)12-15-9-14(15)2)10-19-21(13-29-25(19)20)17-5-4-6-22-18(17)7-8-26-22/h4-8,10-11,14-15,21,26H,3,9,12-13H2,1-2H3/t14-,15+,21+/m0/s1. The van der Waals surface area contributed by atoms with Crippen molar-refractivity contribution in [3.8, 4) is 5.75 Å². The van der Waals surface area contributed by atoms with Crippen molar-refractivity contribution in [1.82, 2.24) is 4.98 Å². The quantitative estimate of drug-likeness (QED) is 0.567. The monoisotopic (exact) mass is 387 g/mol. The number of carbonyl (C=O) groups is 2. The fourth-order valence-corrected chi connectivity index (χ4v) is 4.60. The minimum atomic E-state index is 0.0144. The van der Waals surface area contributed by atoms with Gasteiger partial charge in [0.1, 0.15) is 5.75 Å². The molecule has 0 radical (unpaired) electrons. The Labute approximate surface area is 170 Å². The van der Waals surface area contributed by atoms with Crippen molar-refractivity contribution < 1.29 is 14.3 Å². The van der Waals surface area contributed by atoms with E-state index in [1.54, 1.807) is 6.07 Å². The molecule has 0 spiro atoms. The maximum absolute atomic E-state index is 13.0. The minimum Gasteiger partial charge on any atom is -0.492 e. The van der Waals surface area contributed by atoms with Gasteiger partial charge in [0.15, 0.2) is 11.6 Å². The third kappa shape index (κ3) is 3.07. The number of benzene rings is 2. The Hall–Kier alpha value is -2.88. The van der Waals surface area contributed by atoms with Crippen molar-refractivity contribution in [2.75, 3.05) is 6.61 Å². The van der Waals surface area contributed by atoms with Crippen LogP contribution in [0.15, 0.2) is 42.6 Å². The number of rotatable bonds is 6. The molecule has 0 amide bonds. The lowest BCUT2D eigenvalue weighted by Crippen LogP contribution is -2.07. The molecule has 1 aliphatic carbocycles. The van der Waals surface area contributed by atoms with Crippen LogP contribution in [-0.4, -0.2) is 23.2 Å². The first-order valence-corrected chi connectivity index (χ1v) is 10.5. The molecule has 1 saturated carbocycles. The van der Waals surface area contributed by atoms with E-state index in [2.05, 4.69) is 30.1 Å². The number of H-pyrrole nitrogens is 1. The Kier molecular flexibility index (Phi) is 4.30. The van der Waals surface area contributed by atoms with E-state index in [1.165, 1.54) is 0 Å².